The Morgan fingerprint density at radius 3 is 2.76 bits per heavy atom. The van der Waals surface area contributed by atoms with Crippen molar-refractivity contribution in [3.05, 3.63) is 28.2 Å². The van der Waals surface area contributed by atoms with E-state index in [9.17, 15) is 0 Å². The maximum absolute atomic E-state index is 5.36. The maximum atomic E-state index is 5.36. The summed E-state index contributed by atoms with van der Waals surface area (Å²) in [5.41, 5.74) is 1.22. The normalized spacial score (nSPS) is 12.5. The fourth-order valence-electron chi connectivity index (χ4n) is 1.44. The van der Waals surface area contributed by atoms with Gasteiger partial charge in [-0.25, -0.2) is 0 Å². The summed E-state index contributed by atoms with van der Waals surface area (Å²) in [4.78, 5) is 0. The van der Waals surface area contributed by atoms with Gasteiger partial charge in [0.05, 0.1) is 13.7 Å². The summed E-state index contributed by atoms with van der Waals surface area (Å²) in [5, 5.41) is 3.42. The molecule has 0 aliphatic carbocycles. The number of ether oxygens (including phenoxy) is 2. The molecule has 0 saturated carbocycles. The van der Waals surface area contributed by atoms with Gasteiger partial charge < -0.3 is 14.8 Å². The molecular formula is C13H20BrNO2. The minimum Gasteiger partial charge on any atom is -0.497 e. The lowest BCUT2D eigenvalue weighted by atomic mass is 10.2. The van der Waals surface area contributed by atoms with E-state index in [2.05, 4.69) is 34.2 Å². The molecule has 0 heterocycles. The molecule has 1 rings (SSSR count). The summed E-state index contributed by atoms with van der Waals surface area (Å²) in [6.45, 7) is 6.45. The van der Waals surface area contributed by atoms with Crippen LogP contribution in [0.2, 0.25) is 0 Å². The van der Waals surface area contributed by atoms with Crippen molar-refractivity contribution in [1.82, 2.24) is 5.32 Å². The average Bonchev–Trinajstić information content (AvgIpc) is 2.34. The van der Waals surface area contributed by atoms with Crippen LogP contribution >= 0.6 is 15.9 Å². The molecule has 1 N–H and O–H groups in total. The van der Waals surface area contributed by atoms with Crippen LogP contribution in [0.1, 0.15) is 19.4 Å². The summed E-state index contributed by atoms with van der Waals surface area (Å²) < 4.78 is 11.6. The van der Waals surface area contributed by atoms with Crippen LogP contribution in [0.3, 0.4) is 0 Å². The Kier molecular flexibility index (Phi) is 6.55. The van der Waals surface area contributed by atoms with Gasteiger partial charge in [-0.15, -0.1) is 0 Å². The van der Waals surface area contributed by atoms with Crippen molar-refractivity contribution in [3.63, 3.8) is 0 Å². The lowest BCUT2D eigenvalue weighted by Gasteiger charge is -2.14. The van der Waals surface area contributed by atoms with Crippen molar-refractivity contribution in [2.24, 2.45) is 0 Å². The van der Waals surface area contributed by atoms with E-state index in [1.165, 1.54) is 5.56 Å². The summed E-state index contributed by atoms with van der Waals surface area (Å²) in [5.74, 6) is 0.864. The van der Waals surface area contributed by atoms with Crippen LogP contribution in [0.4, 0.5) is 0 Å². The van der Waals surface area contributed by atoms with Crippen LogP contribution in [-0.2, 0) is 11.3 Å². The minimum absolute atomic E-state index is 0.351. The molecule has 4 heteroatoms. The molecule has 0 saturated heterocycles. The highest BCUT2D eigenvalue weighted by Crippen LogP contribution is 2.22. The SMILES string of the molecule is CCOCC(C)NCc1ccc(OC)cc1Br. The first-order chi connectivity index (χ1) is 8.17. The molecule has 0 spiro atoms. The first-order valence-corrected chi connectivity index (χ1v) is 6.60. The summed E-state index contributed by atoms with van der Waals surface area (Å²) in [6, 6.07) is 6.35. The topological polar surface area (TPSA) is 30.5 Å². The molecule has 1 atom stereocenters. The Morgan fingerprint density at radius 2 is 2.18 bits per heavy atom. The van der Waals surface area contributed by atoms with E-state index >= 15 is 0 Å². The molecule has 0 fully saturated rings. The van der Waals surface area contributed by atoms with Gasteiger partial charge in [-0.1, -0.05) is 22.0 Å². The molecule has 0 amide bonds. The second kappa shape index (κ2) is 7.69. The Hall–Kier alpha value is -0.580. The number of hydrogen-bond acceptors (Lipinski definition) is 3. The van der Waals surface area contributed by atoms with E-state index in [1.54, 1.807) is 7.11 Å². The zero-order valence-corrected chi connectivity index (χ0v) is 12.2. The van der Waals surface area contributed by atoms with Crippen LogP contribution in [-0.4, -0.2) is 26.4 Å². The van der Waals surface area contributed by atoms with Crippen LogP contribution in [0.15, 0.2) is 22.7 Å². The molecule has 96 valence electrons. The average molecular weight is 302 g/mol. The van der Waals surface area contributed by atoms with Gasteiger partial charge in [0.1, 0.15) is 5.75 Å². The van der Waals surface area contributed by atoms with Crippen molar-refractivity contribution >= 4 is 15.9 Å². The van der Waals surface area contributed by atoms with Crippen molar-refractivity contribution in [3.8, 4) is 5.75 Å². The van der Waals surface area contributed by atoms with Crippen LogP contribution in [0.25, 0.3) is 0 Å². The number of hydrogen-bond donors (Lipinski definition) is 1. The maximum Gasteiger partial charge on any atom is 0.120 e. The molecule has 0 radical (unpaired) electrons. The number of rotatable bonds is 7. The van der Waals surface area contributed by atoms with E-state index in [4.69, 9.17) is 9.47 Å². The molecule has 1 aromatic rings. The van der Waals surface area contributed by atoms with E-state index in [0.717, 1.165) is 30.0 Å². The third-order valence-electron chi connectivity index (χ3n) is 2.47. The van der Waals surface area contributed by atoms with Gasteiger partial charge in [0.15, 0.2) is 0 Å². The monoisotopic (exact) mass is 301 g/mol. The fraction of sp³-hybridized carbons (Fsp3) is 0.538. The fourth-order valence-corrected chi connectivity index (χ4v) is 1.93. The van der Waals surface area contributed by atoms with Crippen molar-refractivity contribution < 1.29 is 9.47 Å². The highest BCUT2D eigenvalue weighted by molar-refractivity contribution is 9.10. The van der Waals surface area contributed by atoms with Gasteiger partial charge in [0, 0.05) is 23.7 Å². The zero-order valence-electron chi connectivity index (χ0n) is 10.6. The molecule has 1 unspecified atom stereocenters. The third-order valence-corrected chi connectivity index (χ3v) is 3.21. The van der Waals surface area contributed by atoms with Crippen molar-refractivity contribution in [2.75, 3.05) is 20.3 Å². The van der Waals surface area contributed by atoms with Gasteiger partial charge in [-0.3, -0.25) is 0 Å². The zero-order chi connectivity index (χ0) is 12.7. The Balaban J connectivity index is 2.46. The van der Waals surface area contributed by atoms with E-state index in [1.807, 2.05) is 19.1 Å². The summed E-state index contributed by atoms with van der Waals surface area (Å²) in [6.07, 6.45) is 0. The second-order valence-corrected chi connectivity index (χ2v) is 4.75. The third kappa shape index (κ3) is 5.06. The standard InChI is InChI=1S/C13H20BrNO2/c1-4-17-9-10(2)15-8-11-5-6-12(16-3)7-13(11)14/h5-7,10,15H,4,8-9H2,1-3H3. The predicted octanol–water partition coefficient (Wildman–Crippen LogP) is 2.97. The molecule has 0 aliphatic heterocycles. The van der Waals surface area contributed by atoms with E-state index in [0.29, 0.717) is 6.04 Å². The predicted molar refractivity (Wildman–Crippen MR) is 73.5 cm³/mol. The largest absolute Gasteiger partial charge is 0.497 e. The number of methoxy groups -OCH3 is 1. The lowest BCUT2D eigenvalue weighted by Crippen LogP contribution is -2.30. The Morgan fingerprint density at radius 1 is 1.41 bits per heavy atom. The number of halogens is 1. The van der Waals surface area contributed by atoms with Crippen molar-refractivity contribution in [2.45, 2.75) is 26.4 Å². The number of benzene rings is 1. The number of nitrogens with one attached hydrogen (secondary N) is 1. The Bertz CT molecular complexity index is 344. The van der Waals surface area contributed by atoms with Crippen molar-refractivity contribution in [1.29, 1.82) is 0 Å². The second-order valence-electron chi connectivity index (χ2n) is 3.90. The first-order valence-electron chi connectivity index (χ1n) is 5.81. The van der Waals surface area contributed by atoms with E-state index in [-0.39, 0.29) is 0 Å². The van der Waals surface area contributed by atoms with Crippen LogP contribution in [0, 0.1) is 0 Å². The molecule has 0 aliphatic rings. The summed E-state index contributed by atoms with van der Waals surface area (Å²) in [7, 11) is 1.67. The van der Waals surface area contributed by atoms with E-state index < -0.39 is 0 Å². The summed E-state index contributed by atoms with van der Waals surface area (Å²) >= 11 is 3.54. The van der Waals surface area contributed by atoms with Gasteiger partial charge in [-0.05, 0) is 31.5 Å². The molecule has 3 nitrogen and oxygen atoms in total. The molecule has 17 heavy (non-hydrogen) atoms. The highest BCUT2D eigenvalue weighted by atomic mass is 79.9. The van der Waals surface area contributed by atoms with Crippen LogP contribution in [0.5, 0.6) is 5.75 Å². The quantitative estimate of drug-likeness (QED) is 0.840. The smallest absolute Gasteiger partial charge is 0.120 e. The lowest BCUT2D eigenvalue weighted by molar-refractivity contribution is 0.127. The molecular weight excluding hydrogens is 282 g/mol. The molecule has 1 aromatic carbocycles. The minimum atomic E-state index is 0.351. The first kappa shape index (κ1) is 14.5. The van der Waals surface area contributed by atoms with Gasteiger partial charge in [0.25, 0.3) is 0 Å². The van der Waals surface area contributed by atoms with Gasteiger partial charge >= 0.3 is 0 Å². The van der Waals surface area contributed by atoms with Gasteiger partial charge in [0.2, 0.25) is 0 Å². The van der Waals surface area contributed by atoms with Crippen LogP contribution < -0.4 is 10.1 Å². The van der Waals surface area contributed by atoms with Gasteiger partial charge in [-0.2, -0.15) is 0 Å². The molecule has 0 bridgehead atoms. The molecule has 0 aromatic heterocycles. The Labute approximate surface area is 112 Å². The highest BCUT2D eigenvalue weighted by Gasteiger charge is 2.05.